The second-order valence-corrected chi connectivity index (χ2v) is 11.6. The lowest BCUT2D eigenvalue weighted by molar-refractivity contribution is -0.302. The summed E-state index contributed by atoms with van der Waals surface area (Å²) in [6.45, 7) is 3.51. The number of rotatable bonds is 25. The van der Waals surface area contributed by atoms with E-state index >= 15 is 0 Å². The van der Waals surface area contributed by atoms with Gasteiger partial charge in [0.1, 0.15) is 24.4 Å². The molecule has 9 heteroatoms. The lowest BCUT2D eigenvalue weighted by Crippen LogP contribution is -2.60. The topological polar surface area (TPSA) is 149 Å². The summed E-state index contributed by atoms with van der Waals surface area (Å²) in [5.74, 6) is -0.170. The van der Waals surface area contributed by atoms with Gasteiger partial charge >= 0.3 is 0 Å². The Kier molecular flexibility index (Phi) is 23.6. The SMILES string of the molecule is CC/C=C\C/C=C\C/C=C\CCCCCCCCCC(=O)NC(COC1OC(CO)C(O)C(O)C1O)C(O)CCCCC. The van der Waals surface area contributed by atoms with Crippen molar-refractivity contribution in [1.29, 1.82) is 0 Å². The Morgan fingerprint density at radius 1 is 0.814 bits per heavy atom. The van der Waals surface area contributed by atoms with E-state index in [2.05, 4.69) is 55.6 Å². The molecule has 0 spiro atoms. The van der Waals surface area contributed by atoms with Crippen LogP contribution in [0.3, 0.4) is 0 Å². The Balaban J connectivity index is 2.29. The number of amides is 1. The van der Waals surface area contributed by atoms with Crippen LogP contribution >= 0.6 is 0 Å². The summed E-state index contributed by atoms with van der Waals surface area (Å²) in [7, 11) is 0. The normalized spacial score (nSPS) is 24.3. The number of carbonyl (C=O) groups is 1. The molecule has 0 aromatic rings. The van der Waals surface area contributed by atoms with Crippen LogP contribution < -0.4 is 5.32 Å². The third-order valence-electron chi connectivity index (χ3n) is 7.76. The Morgan fingerprint density at radius 3 is 2.09 bits per heavy atom. The molecule has 1 fully saturated rings. The monoisotopic (exact) mass is 611 g/mol. The second-order valence-electron chi connectivity index (χ2n) is 11.6. The van der Waals surface area contributed by atoms with E-state index in [0.717, 1.165) is 70.6 Å². The van der Waals surface area contributed by atoms with Crippen molar-refractivity contribution in [1.82, 2.24) is 5.32 Å². The van der Waals surface area contributed by atoms with Gasteiger partial charge in [-0.3, -0.25) is 4.79 Å². The molecule has 250 valence electrons. The van der Waals surface area contributed by atoms with Gasteiger partial charge in [-0.15, -0.1) is 0 Å². The molecular weight excluding hydrogens is 550 g/mol. The van der Waals surface area contributed by atoms with E-state index in [0.29, 0.717) is 12.8 Å². The van der Waals surface area contributed by atoms with Gasteiger partial charge in [-0.05, 0) is 44.9 Å². The third kappa shape index (κ3) is 18.1. The van der Waals surface area contributed by atoms with Crippen molar-refractivity contribution in [3.05, 3.63) is 36.5 Å². The molecule has 1 aliphatic rings. The molecule has 0 aromatic carbocycles. The van der Waals surface area contributed by atoms with Crippen molar-refractivity contribution in [3.63, 3.8) is 0 Å². The molecule has 6 N–H and O–H groups in total. The highest BCUT2D eigenvalue weighted by Gasteiger charge is 2.44. The van der Waals surface area contributed by atoms with Crippen LogP contribution in [0, 0.1) is 0 Å². The van der Waals surface area contributed by atoms with Crippen LogP contribution in [0.4, 0.5) is 0 Å². The maximum Gasteiger partial charge on any atom is 0.220 e. The maximum absolute atomic E-state index is 12.7. The van der Waals surface area contributed by atoms with Gasteiger partial charge in [0.2, 0.25) is 5.91 Å². The highest BCUT2D eigenvalue weighted by molar-refractivity contribution is 5.76. The lowest BCUT2D eigenvalue weighted by atomic mass is 9.99. The van der Waals surface area contributed by atoms with Gasteiger partial charge in [0.05, 0.1) is 25.4 Å². The molecule has 0 aromatic heterocycles. The molecule has 1 rings (SSSR count). The predicted molar refractivity (Wildman–Crippen MR) is 170 cm³/mol. The minimum atomic E-state index is -1.55. The molecule has 1 saturated heterocycles. The fourth-order valence-corrected chi connectivity index (χ4v) is 4.99. The number of aliphatic hydroxyl groups is 5. The van der Waals surface area contributed by atoms with E-state index in [4.69, 9.17) is 9.47 Å². The van der Waals surface area contributed by atoms with Crippen molar-refractivity contribution >= 4 is 5.91 Å². The summed E-state index contributed by atoms with van der Waals surface area (Å²) in [4.78, 5) is 12.7. The van der Waals surface area contributed by atoms with Crippen LogP contribution in [-0.4, -0.2) is 87.5 Å². The number of carbonyl (C=O) groups excluding carboxylic acids is 1. The Labute approximate surface area is 260 Å². The van der Waals surface area contributed by atoms with Gasteiger partial charge in [-0.25, -0.2) is 0 Å². The average Bonchev–Trinajstić information content (AvgIpc) is 3.00. The molecule has 0 saturated carbocycles. The van der Waals surface area contributed by atoms with Crippen LogP contribution in [0.2, 0.25) is 0 Å². The quantitative estimate of drug-likeness (QED) is 0.0648. The van der Waals surface area contributed by atoms with Gasteiger partial charge in [0, 0.05) is 6.42 Å². The highest BCUT2D eigenvalue weighted by Crippen LogP contribution is 2.22. The van der Waals surface area contributed by atoms with Gasteiger partial charge in [0.25, 0.3) is 0 Å². The minimum absolute atomic E-state index is 0.149. The lowest BCUT2D eigenvalue weighted by Gasteiger charge is -2.40. The summed E-state index contributed by atoms with van der Waals surface area (Å²) in [5.41, 5.74) is 0. The first-order valence-electron chi connectivity index (χ1n) is 16.7. The molecule has 0 bridgehead atoms. The zero-order chi connectivity index (χ0) is 31.7. The molecule has 0 aliphatic carbocycles. The molecule has 1 amide bonds. The van der Waals surface area contributed by atoms with E-state index in [1.165, 1.54) is 19.3 Å². The van der Waals surface area contributed by atoms with Crippen molar-refractivity contribution in [2.75, 3.05) is 13.2 Å². The number of aliphatic hydroxyl groups excluding tert-OH is 5. The van der Waals surface area contributed by atoms with Crippen LogP contribution in [0.25, 0.3) is 0 Å². The average molecular weight is 612 g/mol. The van der Waals surface area contributed by atoms with E-state index < -0.39 is 49.5 Å². The van der Waals surface area contributed by atoms with Gasteiger partial charge in [0.15, 0.2) is 6.29 Å². The summed E-state index contributed by atoms with van der Waals surface area (Å²) >= 11 is 0. The third-order valence-corrected chi connectivity index (χ3v) is 7.76. The largest absolute Gasteiger partial charge is 0.394 e. The molecule has 9 nitrogen and oxygen atoms in total. The summed E-state index contributed by atoms with van der Waals surface area (Å²) < 4.78 is 11.0. The summed E-state index contributed by atoms with van der Waals surface area (Å²) in [5, 5.41) is 53.2. The molecule has 43 heavy (non-hydrogen) atoms. The Bertz CT molecular complexity index is 771. The number of hydrogen-bond acceptors (Lipinski definition) is 8. The molecule has 0 radical (unpaired) electrons. The zero-order valence-electron chi connectivity index (χ0n) is 26.7. The van der Waals surface area contributed by atoms with E-state index in [9.17, 15) is 30.3 Å². The van der Waals surface area contributed by atoms with E-state index in [-0.39, 0.29) is 12.5 Å². The molecule has 1 heterocycles. The van der Waals surface area contributed by atoms with Crippen molar-refractivity contribution in [3.8, 4) is 0 Å². The second kappa shape index (κ2) is 25.7. The Morgan fingerprint density at radius 2 is 1.44 bits per heavy atom. The molecule has 7 unspecified atom stereocenters. The van der Waals surface area contributed by atoms with Gasteiger partial charge in [-0.1, -0.05) is 102 Å². The Hall–Kier alpha value is -1.59. The smallest absolute Gasteiger partial charge is 0.220 e. The fourth-order valence-electron chi connectivity index (χ4n) is 4.99. The van der Waals surface area contributed by atoms with Crippen molar-refractivity contribution < 1.29 is 39.8 Å². The van der Waals surface area contributed by atoms with Crippen LogP contribution in [0.5, 0.6) is 0 Å². The first-order chi connectivity index (χ1) is 20.8. The van der Waals surface area contributed by atoms with E-state index in [1.807, 2.05) is 0 Å². The van der Waals surface area contributed by atoms with Crippen LogP contribution in [-0.2, 0) is 14.3 Å². The van der Waals surface area contributed by atoms with Gasteiger partial charge < -0.3 is 40.3 Å². The van der Waals surface area contributed by atoms with E-state index in [1.54, 1.807) is 0 Å². The highest BCUT2D eigenvalue weighted by atomic mass is 16.7. The number of ether oxygens (including phenoxy) is 2. The summed E-state index contributed by atoms with van der Waals surface area (Å²) in [6, 6.07) is -0.718. The summed E-state index contributed by atoms with van der Waals surface area (Å²) in [6.07, 6.45) is 20.9. The predicted octanol–water partition coefficient (Wildman–Crippen LogP) is 4.60. The van der Waals surface area contributed by atoms with Gasteiger partial charge in [-0.2, -0.15) is 0 Å². The number of nitrogens with one attached hydrogen (secondary N) is 1. The first-order valence-corrected chi connectivity index (χ1v) is 16.7. The minimum Gasteiger partial charge on any atom is -0.394 e. The molecular formula is C34H61NO8. The fraction of sp³-hybridized carbons (Fsp3) is 0.794. The maximum atomic E-state index is 12.7. The molecule has 1 aliphatic heterocycles. The number of unbranched alkanes of at least 4 members (excludes halogenated alkanes) is 9. The first kappa shape index (κ1) is 39.4. The molecule has 7 atom stereocenters. The van der Waals surface area contributed by atoms with Crippen LogP contribution in [0.15, 0.2) is 36.5 Å². The zero-order valence-corrected chi connectivity index (χ0v) is 26.7. The standard InChI is InChI=1S/C34H61NO8/c1-3-5-7-8-9-10-11-12-13-14-15-16-17-18-19-20-22-24-30(38)35-27(28(37)23-21-6-4-2)26-42-34-33(41)32(40)31(39)29(25-36)43-34/h5,7,9-10,12-13,27-29,31-34,36-37,39-41H,3-4,6,8,11,14-26H2,1-2H3,(H,35,38)/b7-5-,10-9-,13-12-. The van der Waals surface area contributed by atoms with Crippen LogP contribution in [0.1, 0.15) is 117 Å². The number of hydrogen-bond donors (Lipinski definition) is 6. The number of allylic oxidation sites excluding steroid dienone is 6. The van der Waals surface area contributed by atoms with Crippen molar-refractivity contribution in [2.45, 2.75) is 159 Å². The van der Waals surface area contributed by atoms with Crippen molar-refractivity contribution in [2.24, 2.45) is 0 Å².